The molecule has 0 bridgehead atoms. The molecular weight excluding hydrogens is 278 g/mol. The van der Waals surface area contributed by atoms with Crippen LogP contribution in [0.25, 0.3) is 0 Å². The van der Waals surface area contributed by atoms with Crippen molar-refractivity contribution in [2.24, 2.45) is 5.92 Å². The van der Waals surface area contributed by atoms with Crippen molar-refractivity contribution < 1.29 is 4.79 Å². The van der Waals surface area contributed by atoms with Crippen molar-refractivity contribution in [1.82, 2.24) is 4.90 Å². The van der Waals surface area contributed by atoms with Gasteiger partial charge in [-0.2, -0.15) is 0 Å². The molecular formula is C14H18BrNO. The van der Waals surface area contributed by atoms with Crippen LogP contribution in [0.1, 0.15) is 35.7 Å². The van der Waals surface area contributed by atoms with Crippen molar-refractivity contribution in [3.05, 3.63) is 33.8 Å². The van der Waals surface area contributed by atoms with Crippen molar-refractivity contribution in [3.63, 3.8) is 0 Å². The van der Waals surface area contributed by atoms with Crippen LogP contribution >= 0.6 is 15.9 Å². The lowest BCUT2D eigenvalue weighted by molar-refractivity contribution is 0.0756. The van der Waals surface area contributed by atoms with Gasteiger partial charge in [-0.05, 0) is 66.2 Å². The average Bonchev–Trinajstić information content (AvgIpc) is 3.09. The van der Waals surface area contributed by atoms with Crippen LogP contribution in [0.15, 0.2) is 22.7 Å². The van der Waals surface area contributed by atoms with Gasteiger partial charge in [-0.3, -0.25) is 4.79 Å². The average molecular weight is 296 g/mol. The van der Waals surface area contributed by atoms with Crippen LogP contribution in [-0.4, -0.2) is 23.9 Å². The molecule has 1 amide bonds. The highest BCUT2D eigenvalue weighted by molar-refractivity contribution is 9.10. The number of amides is 1. The van der Waals surface area contributed by atoms with E-state index in [9.17, 15) is 4.79 Å². The van der Waals surface area contributed by atoms with Gasteiger partial charge in [-0.1, -0.05) is 6.07 Å². The molecule has 0 heterocycles. The molecule has 17 heavy (non-hydrogen) atoms. The number of benzene rings is 1. The van der Waals surface area contributed by atoms with Crippen molar-refractivity contribution in [1.29, 1.82) is 0 Å². The Kier molecular flexibility index (Phi) is 3.87. The van der Waals surface area contributed by atoms with Gasteiger partial charge >= 0.3 is 0 Å². The fourth-order valence-electron chi connectivity index (χ4n) is 1.93. The zero-order valence-electron chi connectivity index (χ0n) is 10.4. The maximum atomic E-state index is 12.4. The summed E-state index contributed by atoms with van der Waals surface area (Å²) in [5.41, 5.74) is 1.94. The lowest BCUT2D eigenvalue weighted by atomic mass is 10.1. The Labute approximate surface area is 111 Å². The number of hydrogen-bond acceptors (Lipinski definition) is 1. The fourth-order valence-corrected chi connectivity index (χ4v) is 2.59. The Morgan fingerprint density at radius 1 is 1.47 bits per heavy atom. The van der Waals surface area contributed by atoms with E-state index in [0.717, 1.165) is 29.0 Å². The molecule has 1 aromatic rings. The number of rotatable bonds is 4. The predicted molar refractivity (Wildman–Crippen MR) is 73.2 cm³/mol. The van der Waals surface area contributed by atoms with Crippen molar-refractivity contribution in [2.45, 2.75) is 26.7 Å². The Morgan fingerprint density at radius 2 is 2.18 bits per heavy atom. The Hall–Kier alpha value is -0.830. The van der Waals surface area contributed by atoms with E-state index in [1.54, 1.807) is 0 Å². The number of carbonyl (C=O) groups excluding carboxylic acids is 1. The largest absolute Gasteiger partial charge is 0.339 e. The molecule has 2 rings (SSSR count). The summed E-state index contributed by atoms with van der Waals surface area (Å²) in [4.78, 5) is 14.3. The van der Waals surface area contributed by atoms with Crippen molar-refractivity contribution >= 4 is 21.8 Å². The highest BCUT2D eigenvalue weighted by Gasteiger charge is 2.27. The van der Waals surface area contributed by atoms with E-state index >= 15 is 0 Å². The van der Waals surface area contributed by atoms with Crippen molar-refractivity contribution in [2.75, 3.05) is 13.1 Å². The number of halogens is 1. The van der Waals surface area contributed by atoms with Crippen LogP contribution in [-0.2, 0) is 0 Å². The molecule has 0 aliphatic heterocycles. The summed E-state index contributed by atoms with van der Waals surface area (Å²) in [6.45, 7) is 5.77. The van der Waals surface area contributed by atoms with Crippen molar-refractivity contribution in [3.8, 4) is 0 Å². The number of aryl methyl sites for hydroxylation is 1. The normalized spacial score (nSPS) is 14.8. The highest BCUT2D eigenvalue weighted by atomic mass is 79.9. The van der Waals surface area contributed by atoms with Gasteiger partial charge < -0.3 is 4.90 Å². The molecule has 0 unspecified atom stereocenters. The molecule has 0 atom stereocenters. The molecule has 92 valence electrons. The minimum absolute atomic E-state index is 0.145. The molecule has 1 aromatic carbocycles. The summed E-state index contributed by atoms with van der Waals surface area (Å²) in [7, 11) is 0. The first-order chi connectivity index (χ1) is 8.11. The van der Waals surface area contributed by atoms with Gasteiger partial charge in [0.2, 0.25) is 0 Å². The highest BCUT2D eigenvalue weighted by Crippen LogP contribution is 2.30. The van der Waals surface area contributed by atoms with E-state index in [2.05, 4.69) is 15.9 Å². The molecule has 1 saturated carbocycles. The third-order valence-corrected chi connectivity index (χ3v) is 3.86. The van der Waals surface area contributed by atoms with Crippen LogP contribution in [0.4, 0.5) is 0 Å². The standard InChI is InChI=1S/C14H18BrNO/c1-3-16(9-11-5-6-11)14(17)12-7-4-10(2)8-13(12)15/h4,7-8,11H,3,5-6,9H2,1-2H3. The van der Waals surface area contributed by atoms with Crippen LogP contribution in [0.3, 0.4) is 0 Å². The predicted octanol–water partition coefficient (Wildman–Crippen LogP) is 3.63. The van der Waals surface area contributed by atoms with Crippen LogP contribution < -0.4 is 0 Å². The van der Waals surface area contributed by atoms with Gasteiger partial charge in [0.05, 0.1) is 5.56 Å². The molecule has 2 nitrogen and oxygen atoms in total. The van der Waals surface area contributed by atoms with E-state index in [1.165, 1.54) is 18.4 Å². The second-order valence-corrected chi connectivity index (χ2v) is 5.62. The molecule has 0 spiro atoms. The van der Waals surface area contributed by atoms with Gasteiger partial charge in [0, 0.05) is 17.6 Å². The van der Waals surface area contributed by atoms with E-state index in [0.29, 0.717) is 0 Å². The van der Waals surface area contributed by atoms with Gasteiger partial charge in [-0.25, -0.2) is 0 Å². The summed E-state index contributed by atoms with van der Waals surface area (Å²) >= 11 is 3.48. The first-order valence-corrected chi connectivity index (χ1v) is 6.96. The molecule has 0 N–H and O–H groups in total. The minimum atomic E-state index is 0.145. The lowest BCUT2D eigenvalue weighted by Gasteiger charge is -2.21. The summed E-state index contributed by atoms with van der Waals surface area (Å²) in [6.07, 6.45) is 2.55. The van der Waals surface area contributed by atoms with E-state index in [1.807, 2.05) is 36.9 Å². The molecule has 1 aliphatic carbocycles. The van der Waals surface area contributed by atoms with Crippen LogP contribution in [0, 0.1) is 12.8 Å². The molecule has 0 aromatic heterocycles. The Morgan fingerprint density at radius 3 is 2.71 bits per heavy atom. The fraction of sp³-hybridized carbons (Fsp3) is 0.500. The quantitative estimate of drug-likeness (QED) is 0.831. The Bertz CT molecular complexity index is 426. The maximum absolute atomic E-state index is 12.4. The minimum Gasteiger partial charge on any atom is -0.339 e. The van der Waals surface area contributed by atoms with E-state index in [-0.39, 0.29) is 5.91 Å². The van der Waals surface area contributed by atoms with Gasteiger partial charge in [0.15, 0.2) is 0 Å². The maximum Gasteiger partial charge on any atom is 0.254 e. The zero-order chi connectivity index (χ0) is 12.4. The first-order valence-electron chi connectivity index (χ1n) is 6.17. The third-order valence-electron chi connectivity index (χ3n) is 3.20. The van der Waals surface area contributed by atoms with Crippen LogP contribution in [0.5, 0.6) is 0 Å². The molecule has 0 radical (unpaired) electrons. The van der Waals surface area contributed by atoms with Crippen LogP contribution in [0.2, 0.25) is 0 Å². The lowest BCUT2D eigenvalue weighted by Crippen LogP contribution is -2.32. The molecule has 3 heteroatoms. The number of carbonyl (C=O) groups is 1. The summed E-state index contributed by atoms with van der Waals surface area (Å²) in [5, 5.41) is 0. The molecule has 1 fully saturated rings. The number of nitrogens with zero attached hydrogens (tertiary/aromatic N) is 1. The summed E-state index contributed by atoms with van der Waals surface area (Å²) < 4.78 is 0.900. The smallest absolute Gasteiger partial charge is 0.254 e. The second kappa shape index (κ2) is 5.21. The molecule has 0 saturated heterocycles. The SMILES string of the molecule is CCN(CC1CC1)C(=O)c1ccc(C)cc1Br. The third kappa shape index (κ3) is 3.09. The molecule has 1 aliphatic rings. The first kappa shape index (κ1) is 12.6. The summed E-state index contributed by atoms with van der Waals surface area (Å²) in [5.74, 6) is 0.884. The van der Waals surface area contributed by atoms with Gasteiger partial charge in [0.25, 0.3) is 5.91 Å². The Balaban J connectivity index is 2.15. The van der Waals surface area contributed by atoms with Gasteiger partial charge in [0.1, 0.15) is 0 Å². The second-order valence-electron chi connectivity index (χ2n) is 4.77. The monoisotopic (exact) mass is 295 g/mol. The van der Waals surface area contributed by atoms with E-state index in [4.69, 9.17) is 0 Å². The topological polar surface area (TPSA) is 20.3 Å². The van der Waals surface area contributed by atoms with Gasteiger partial charge in [-0.15, -0.1) is 0 Å². The number of hydrogen-bond donors (Lipinski definition) is 0. The summed E-state index contributed by atoms with van der Waals surface area (Å²) in [6, 6.07) is 5.90. The zero-order valence-corrected chi connectivity index (χ0v) is 12.0. The van der Waals surface area contributed by atoms with E-state index < -0.39 is 0 Å².